The third-order valence-electron chi connectivity index (χ3n) is 3.39. The Hall–Kier alpha value is -1.76. The third kappa shape index (κ3) is 5.12. The van der Waals surface area contributed by atoms with Crippen molar-refractivity contribution in [3.8, 4) is 0 Å². The lowest BCUT2D eigenvalue weighted by Gasteiger charge is -2.12. The van der Waals surface area contributed by atoms with Gasteiger partial charge in [-0.1, -0.05) is 24.6 Å². The minimum atomic E-state index is -0.435. The summed E-state index contributed by atoms with van der Waals surface area (Å²) in [6.45, 7) is 2.49. The summed E-state index contributed by atoms with van der Waals surface area (Å²) >= 11 is 6.13. The molecular formula is C16H21Cl2N3O3. The number of likely N-dealkylation sites (N-methyl/N-ethyl adjacent to an activating group) is 1. The van der Waals surface area contributed by atoms with Crippen molar-refractivity contribution in [3.63, 3.8) is 0 Å². The molecule has 2 amide bonds. The molecule has 0 unspecified atom stereocenters. The molecule has 0 fully saturated rings. The first-order valence-electron chi connectivity index (χ1n) is 7.31. The van der Waals surface area contributed by atoms with Crippen LogP contribution in [0.25, 0.3) is 0 Å². The van der Waals surface area contributed by atoms with Crippen LogP contribution in [-0.2, 0) is 16.0 Å². The lowest BCUT2D eigenvalue weighted by Crippen LogP contribution is -2.30. The fraction of sp³-hybridized carbons (Fsp3) is 0.375. The molecular weight excluding hydrogens is 353 g/mol. The smallest absolute Gasteiger partial charge is 0.337 e. The van der Waals surface area contributed by atoms with E-state index in [1.807, 2.05) is 32.0 Å². The van der Waals surface area contributed by atoms with E-state index in [9.17, 15) is 9.59 Å². The van der Waals surface area contributed by atoms with Crippen molar-refractivity contribution in [1.82, 2.24) is 10.2 Å². The lowest BCUT2D eigenvalue weighted by molar-refractivity contribution is -0.136. The molecule has 0 aliphatic carbocycles. The Morgan fingerprint density at radius 1 is 1.33 bits per heavy atom. The standard InChI is InChI=1S/C16H20ClN3O3.ClH/c1-4-10-5-6-11(7-13(10)17)18-16(22)19-14-9-23-15(21)12(14)8-20(2)3;/h5-7H,4,8-9H2,1-3H3,(H2,18,19,22);1H. The quantitative estimate of drug-likeness (QED) is 0.778. The van der Waals surface area contributed by atoms with Crippen molar-refractivity contribution in [2.24, 2.45) is 0 Å². The number of amides is 2. The highest BCUT2D eigenvalue weighted by molar-refractivity contribution is 6.31. The highest BCUT2D eigenvalue weighted by Gasteiger charge is 2.26. The molecule has 24 heavy (non-hydrogen) atoms. The molecule has 0 spiro atoms. The van der Waals surface area contributed by atoms with E-state index >= 15 is 0 Å². The van der Waals surface area contributed by atoms with Crippen LogP contribution in [0.2, 0.25) is 5.02 Å². The highest BCUT2D eigenvalue weighted by Crippen LogP contribution is 2.21. The second kappa shape index (κ2) is 8.92. The number of anilines is 1. The number of rotatable bonds is 5. The lowest BCUT2D eigenvalue weighted by atomic mass is 10.1. The highest BCUT2D eigenvalue weighted by atomic mass is 35.5. The number of hydrogen-bond donors (Lipinski definition) is 2. The van der Waals surface area contributed by atoms with E-state index in [0.717, 1.165) is 12.0 Å². The number of ether oxygens (including phenoxy) is 1. The topological polar surface area (TPSA) is 70.7 Å². The number of nitrogens with zero attached hydrogens (tertiary/aromatic N) is 1. The number of benzene rings is 1. The maximum atomic E-state index is 12.1. The molecule has 0 atom stereocenters. The first-order valence-corrected chi connectivity index (χ1v) is 7.68. The van der Waals surface area contributed by atoms with Crippen LogP contribution >= 0.6 is 24.0 Å². The van der Waals surface area contributed by atoms with Gasteiger partial charge in [-0.15, -0.1) is 12.4 Å². The summed E-state index contributed by atoms with van der Waals surface area (Å²) in [4.78, 5) is 25.6. The Labute approximate surface area is 152 Å². The molecule has 1 heterocycles. The second-order valence-corrected chi connectivity index (χ2v) is 5.92. The minimum absolute atomic E-state index is 0. The maximum Gasteiger partial charge on any atom is 0.337 e. The van der Waals surface area contributed by atoms with E-state index < -0.39 is 12.0 Å². The second-order valence-electron chi connectivity index (χ2n) is 5.51. The summed E-state index contributed by atoms with van der Waals surface area (Å²) in [6, 6.07) is 4.92. The molecule has 0 saturated carbocycles. The average Bonchev–Trinajstić information content (AvgIpc) is 2.80. The van der Waals surface area contributed by atoms with Crippen LogP contribution in [0, 0.1) is 0 Å². The Morgan fingerprint density at radius 3 is 2.62 bits per heavy atom. The SMILES string of the molecule is CCc1ccc(NC(=O)NC2=C(CN(C)C)C(=O)OC2)cc1Cl.Cl. The number of hydrogen-bond acceptors (Lipinski definition) is 4. The number of urea groups is 1. The van der Waals surface area contributed by atoms with Crippen LogP contribution in [0.5, 0.6) is 0 Å². The summed E-state index contributed by atoms with van der Waals surface area (Å²) in [5.41, 5.74) is 2.55. The van der Waals surface area contributed by atoms with Gasteiger partial charge in [0.25, 0.3) is 0 Å². The van der Waals surface area contributed by atoms with Crippen molar-refractivity contribution in [1.29, 1.82) is 0 Å². The van der Waals surface area contributed by atoms with Crippen molar-refractivity contribution >= 4 is 41.7 Å². The summed E-state index contributed by atoms with van der Waals surface area (Å²) in [5, 5.41) is 5.98. The van der Waals surface area contributed by atoms with Gasteiger partial charge in [-0.3, -0.25) is 0 Å². The Morgan fingerprint density at radius 2 is 2.04 bits per heavy atom. The van der Waals surface area contributed by atoms with Crippen LogP contribution in [-0.4, -0.2) is 44.1 Å². The number of aryl methyl sites for hydroxylation is 1. The number of halogens is 2. The van der Waals surface area contributed by atoms with Crippen molar-refractivity contribution in [3.05, 3.63) is 40.1 Å². The van der Waals surface area contributed by atoms with Gasteiger partial charge in [0.05, 0.1) is 11.3 Å². The monoisotopic (exact) mass is 373 g/mol. The number of esters is 1. The zero-order chi connectivity index (χ0) is 17.0. The van der Waals surface area contributed by atoms with E-state index in [-0.39, 0.29) is 19.0 Å². The molecule has 0 radical (unpaired) electrons. The summed E-state index contributed by atoms with van der Waals surface area (Å²) in [5.74, 6) is -0.399. The molecule has 8 heteroatoms. The number of carbonyl (C=O) groups excluding carboxylic acids is 2. The van der Waals surface area contributed by atoms with Gasteiger partial charge >= 0.3 is 12.0 Å². The van der Waals surface area contributed by atoms with Gasteiger partial charge in [0.2, 0.25) is 0 Å². The molecule has 0 bridgehead atoms. The van der Waals surface area contributed by atoms with Crippen LogP contribution < -0.4 is 10.6 Å². The Bertz CT molecular complexity index is 660. The van der Waals surface area contributed by atoms with E-state index in [1.54, 1.807) is 12.1 Å². The fourth-order valence-corrected chi connectivity index (χ4v) is 2.55. The Balaban J connectivity index is 0.00000288. The zero-order valence-electron chi connectivity index (χ0n) is 13.8. The minimum Gasteiger partial charge on any atom is -0.456 e. The number of nitrogens with one attached hydrogen (secondary N) is 2. The van der Waals surface area contributed by atoms with Crippen molar-refractivity contribution in [2.45, 2.75) is 13.3 Å². The molecule has 1 aromatic rings. The van der Waals surface area contributed by atoms with Gasteiger partial charge in [0, 0.05) is 17.3 Å². The maximum absolute atomic E-state index is 12.1. The molecule has 1 aliphatic heterocycles. The average molecular weight is 374 g/mol. The number of carbonyl (C=O) groups is 2. The summed E-state index contributed by atoms with van der Waals surface area (Å²) in [6.07, 6.45) is 0.825. The fourth-order valence-electron chi connectivity index (χ4n) is 2.23. The molecule has 1 aliphatic rings. The zero-order valence-corrected chi connectivity index (χ0v) is 15.4. The molecule has 2 rings (SSSR count). The van der Waals surface area contributed by atoms with E-state index in [0.29, 0.717) is 28.5 Å². The predicted octanol–water partition coefficient (Wildman–Crippen LogP) is 2.82. The van der Waals surface area contributed by atoms with Gasteiger partial charge in [-0.25, -0.2) is 9.59 Å². The van der Waals surface area contributed by atoms with Crippen molar-refractivity contribution < 1.29 is 14.3 Å². The van der Waals surface area contributed by atoms with E-state index in [2.05, 4.69) is 10.6 Å². The first kappa shape index (κ1) is 20.3. The van der Waals surface area contributed by atoms with Gasteiger partial charge in [-0.05, 0) is 38.2 Å². The van der Waals surface area contributed by atoms with E-state index in [1.165, 1.54) is 0 Å². The predicted molar refractivity (Wildman–Crippen MR) is 96.8 cm³/mol. The Kier molecular flexibility index (Phi) is 7.54. The molecule has 1 aromatic carbocycles. The molecule has 0 aromatic heterocycles. The van der Waals surface area contributed by atoms with E-state index in [4.69, 9.17) is 16.3 Å². The van der Waals surface area contributed by atoms with Crippen LogP contribution in [0.3, 0.4) is 0 Å². The molecule has 132 valence electrons. The van der Waals surface area contributed by atoms with Crippen LogP contribution in [0.1, 0.15) is 12.5 Å². The van der Waals surface area contributed by atoms with Gasteiger partial charge < -0.3 is 20.3 Å². The summed E-state index contributed by atoms with van der Waals surface area (Å²) < 4.78 is 4.98. The van der Waals surface area contributed by atoms with Crippen molar-refractivity contribution in [2.75, 3.05) is 32.6 Å². The van der Waals surface area contributed by atoms with Gasteiger partial charge in [-0.2, -0.15) is 0 Å². The third-order valence-corrected chi connectivity index (χ3v) is 3.74. The van der Waals surface area contributed by atoms with Gasteiger partial charge in [0.15, 0.2) is 0 Å². The van der Waals surface area contributed by atoms with Gasteiger partial charge in [0.1, 0.15) is 6.61 Å². The molecule has 6 nitrogen and oxygen atoms in total. The van der Waals surface area contributed by atoms with Crippen LogP contribution in [0.15, 0.2) is 29.5 Å². The largest absolute Gasteiger partial charge is 0.456 e. The molecule has 2 N–H and O–H groups in total. The summed E-state index contributed by atoms with van der Waals surface area (Å²) in [7, 11) is 3.68. The first-order chi connectivity index (χ1) is 10.9. The molecule has 0 saturated heterocycles. The normalized spacial score (nSPS) is 13.6. The van der Waals surface area contributed by atoms with Crippen LogP contribution in [0.4, 0.5) is 10.5 Å². The number of cyclic esters (lactones) is 1.